The second-order valence-corrected chi connectivity index (χ2v) is 6.31. The van der Waals surface area contributed by atoms with Crippen molar-refractivity contribution < 1.29 is 0 Å². The summed E-state index contributed by atoms with van der Waals surface area (Å²) in [6.45, 7) is 9.44. The van der Waals surface area contributed by atoms with Gasteiger partial charge in [-0.05, 0) is 36.8 Å². The van der Waals surface area contributed by atoms with Gasteiger partial charge in [-0.15, -0.1) is 0 Å². The van der Waals surface area contributed by atoms with E-state index in [1.165, 1.54) is 36.8 Å². The molecular weight excluding hydrogens is 264 g/mol. The van der Waals surface area contributed by atoms with Gasteiger partial charge in [-0.25, -0.2) is 0 Å². The van der Waals surface area contributed by atoms with Crippen molar-refractivity contribution in [3.8, 4) is 0 Å². The lowest BCUT2D eigenvalue weighted by molar-refractivity contribution is 0.177. The normalized spacial score (nSPS) is 12.4. The Morgan fingerprint density at radius 2 is 0.773 bits per heavy atom. The van der Waals surface area contributed by atoms with Crippen molar-refractivity contribution in [1.29, 1.82) is 0 Å². The van der Waals surface area contributed by atoms with E-state index in [0.717, 1.165) is 0 Å². The maximum Gasteiger partial charge on any atom is 0.00443 e. The van der Waals surface area contributed by atoms with Gasteiger partial charge in [0, 0.05) is 10.8 Å². The van der Waals surface area contributed by atoms with Crippen LogP contribution in [0.2, 0.25) is 0 Å². The highest BCUT2D eigenvalue weighted by atomic mass is 14.5. The fourth-order valence-electron chi connectivity index (χ4n) is 4.74. The maximum atomic E-state index is 2.36. The summed E-state index contributed by atoms with van der Waals surface area (Å²) in [6.07, 6.45) is 4.68. The number of rotatable bonds is 7. The fraction of sp³-hybridized carbons (Fsp3) is 0.455. The number of hydrogen-bond acceptors (Lipinski definition) is 0. The molecule has 0 saturated carbocycles. The Morgan fingerprint density at radius 1 is 0.500 bits per heavy atom. The first kappa shape index (κ1) is 16.8. The van der Waals surface area contributed by atoms with Crippen LogP contribution in [0.5, 0.6) is 0 Å². The molecule has 0 atom stereocenters. The summed E-state index contributed by atoms with van der Waals surface area (Å²) in [7, 11) is 0. The fourth-order valence-corrected chi connectivity index (χ4v) is 4.74. The average Bonchev–Trinajstić information content (AvgIpc) is 2.61. The van der Waals surface area contributed by atoms with Crippen LogP contribution in [0.1, 0.15) is 64.5 Å². The Bertz CT molecular complexity index is 492. The van der Waals surface area contributed by atoms with Crippen LogP contribution in [0.15, 0.2) is 60.7 Å². The van der Waals surface area contributed by atoms with Gasteiger partial charge in [0.2, 0.25) is 0 Å². The molecule has 0 fully saturated rings. The Kier molecular flexibility index (Phi) is 5.45. The SMILES string of the molecule is CCC(CC)(c1ccccc1)C(CC)(CC)c1ccccc1. The van der Waals surface area contributed by atoms with Crippen molar-refractivity contribution in [3.05, 3.63) is 71.8 Å². The van der Waals surface area contributed by atoms with Crippen molar-refractivity contribution in [2.24, 2.45) is 0 Å². The van der Waals surface area contributed by atoms with Crippen LogP contribution in [0, 0.1) is 0 Å². The molecule has 118 valence electrons. The first-order valence-corrected chi connectivity index (χ1v) is 8.81. The van der Waals surface area contributed by atoms with E-state index in [-0.39, 0.29) is 10.8 Å². The van der Waals surface area contributed by atoms with Gasteiger partial charge in [0.25, 0.3) is 0 Å². The summed E-state index contributed by atoms with van der Waals surface area (Å²) >= 11 is 0. The molecular formula is C22H30. The van der Waals surface area contributed by atoms with Crippen molar-refractivity contribution in [2.75, 3.05) is 0 Å². The third kappa shape index (κ3) is 2.49. The number of hydrogen-bond donors (Lipinski definition) is 0. The van der Waals surface area contributed by atoms with Crippen molar-refractivity contribution >= 4 is 0 Å². The highest BCUT2D eigenvalue weighted by Crippen LogP contribution is 2.53. The molecule has 0 spiro atoms. The summed E-state index contributed by atoms with van der Waals surface area (Å²) in [5.41, 5.74) is 3.37. The molecule has 0 heteroatoms. The lowest BCUT2D eigenvalue weighted by Crippen LogP contribution is -2.48. The van der Waals surface area contributed by atoms with Gasteiger partial charge in [-0.2, -0.15) is 0 Å². The molecule has 0 aliphatic carbocycles. The predicted octanol–water partition coefficient (Wildman–Crippen LogP) is 6.50. The van der Waals surface area contributed by atoms with Gasteiger partial charge in [-0.3, -0.25) is 0 Å². The smallest absolute Gasteiger partial charge is 0.00443 e. The highest BCUT2D eigenvalue weighted by molar-refractivity contribution is 5.39. The summed E-state index contributed by atoms with van der Waals surface area (Å²) in [6, 6.07) is 22.3. The monoisotopic (exact) mass is 294 g/mol. The van der Waals surface area contributed by atoms with E-state index in [2.05, 4.69) is 88.4 Å². The Hall–Kier alpha value is -1.56. The zero-order valence-corrected chi connectivity index (χ0v) is 14.6. The maximum absolute atomic E-state index is 2.36. The van der Waals surface area contributed by atoms with E-state index < -0.39 is 0 Å². The van der Waals surface area contributed by atoms with Crippen LogP contribution >= 0.6 is 0 Å². The molecule has 0 aliphatic rings. The second-order valence-electron chi connectivity index (χ2n) is 6.31. The van der Waals surface area contributed by atoms with E-state index in [4.69, 9.17) is 0 Å². The minimum absolute atomic E-state index is 0.194. The molecule has 0 N–H and O–H groups in total. The highest BCUT2D eigenvalue weighted by Gasteiger charge is 2.48. The molecule has 2 aromatic carbocycles. The summed E-state index contributed by atoms with van der Waals surface area (Å²) < 4.78 is 0. The lowest BCUT2D eigenvalue weighted by Gasteiger charge is -2.51. The standard InChI is InChI=1S/C22H30/c1-5-21(6-2,19-15-11-9-12-16-19)22(7-3,8-4)20-17-13-10-14-18-20/h9-18H,5-8H2,1-4H3. The molecule has 0 unspecified atom stereocenters. The van der Waals surface area contributed by atoms with E-state index in [1.54, 1.807) is 0 Å². The molecule has 22 heavy (non-hydrogen) atoms. The third-order valence-electron chi connectivity index (χ3n) is 5.98. The van der Waals surface area contributed by atoms with Crippen LogP contribution < -0.4 is 0 Å². The second kappa shape index (κ2) is 7.13. The van der Waals surface area contributed by atoms with Gasteiger partial charge in [0.1, 0.15) is 0 Å². The molecule has 0 nitrogen and oxygen atoms in total. The quantitative estimate of drug-likeness (QED) is 0.546. The van der Waals surface area contributed by atoms with Crippen molar-refractivity contribution in [3.63, 3.8) is 0 Å². The molecule has 0 aliphatic heterocycles. The zero-order valence-electron chi connectivity index (χ0n) is 14.6. The van der Waals surface area contributed by atoms with Crippen LogP contribution in [-0.2, 0) is 10.8 Å². The Morgan fingerprint density at radius 3 is 1.00 bits per heavy atom. The van der Waals surface area contributed by atoms with E-state index in [1.807, 2.05) is 0 Å². The lowest BCUT2D eigenvalue weighted by atomic mass is 9.52. The minimum Gasteiger partial charge on any atom is -0.0645 e. The van der Waals surface area contributed by atoms with Crippen molar-refractivity contribution in [1.82, 2.24) is 0 Å². The van der Waals surface area contributed by atoms with Gasteiger partial charge >= 0.3 is 0 Å². The zero-order chi connectivity index (χ0) is 16.1. The summed E-state index contributed by atoms with van der Waals surface area (Å²) in [5, 5.41) is 0. The first-order valence-electron chi connectivity index (χ1n) is 8.81. The third-order valence-corrected chi connectivity index (χ3v) is 5.98. The topological polar surface area (TPSA) is 0 Å². The first-order chi connectivity index (χ1) is 10.7. The average molecular weight is 294 g/mol. The largest absolute Gasteiger partial charge is 0.0645 e. The summed E-state index contributed by atoms with van der Waals surface area (Å²) in [5.74, 6) is 0. The molecule has 0 heterocycles. The van der Waals surface area contributed by atoms with Crippen LogP contribution in [-0.4, -0.2) is 0 Å². The van der Waals surface area contributed by atoms with Gasteiger partial charge in [-0.1, -0.05) is 88.4 Å². The van der Waals surface area contributed by atoms with Gasteiger partial charge in [0.05, 0.1) is 0 Å². The minimum atomic E-state index is 0.194. The van der Waals surface area contributed by atoms with Gasteiger partial charge < -0.3 is 0 Å². The van der Waals surface area contributed by atoms with E-state index in [0.29, 0.717) is 0 Å². The molecule has 2 aromatic rings. The molecule has 0 bridgehead atoms. The Balaban J connectivity index is 2.71. The molecule has 0 radical (unpaired) electrons. The van der Waals surface area contributed by atoms with E-state index in [9.17, 15) is 0 Å². The predicted molar refractivity (Wildman–Crippen MR) is 97.4 cm³/mol. The molecule has 0 saturated heterocycles. The van der Waals surface area contributed by atoms with Gasteiger partial charge in [0.15, 0.2) is 0 Å². The molecule has 0 aromatic heterocycles. The van der Waals surface area contributed by atoms with Crippen molar-refractivity contribution in [2.45, 2.75) is 64.2 Å². The van der Waals surface area contributed by atoms with E-state index >= 15 is 0 Å². The Labute approximate surface area is 136 Å². The molecule has 2 rings (SSSR count). The molecule has 0 amide bonds. The van der Waals surface area contributed by atoms with Crippen LogP contribution in [0.25, 0.3) is 0 Å². The van der Waals surface area contributed by atoms with Crippen LogP contribution in [0.4, 0.5) is 0 Å². The summed E-state index contributed by atoms with van der Waals surface area (Å²) in [4.78, 5) is 0. The number of benzene rings is 2. The van der Waals surface area contributed by atoms with Crippen LogP contribution in [0.3, 0.4) is 0 Å².